The van der Waals surface area contributed by atoms with Crippen molar-refractivity contribution in [1.29, 1.82) is 0 Å². The van der Waals surface area contributed by atoms with Crippen LogP contribution in [0.3, 0.4) is 0 Å². The largest absolute Gasteiger partial charge is 0.269 e. The highest BCUT2D eigenvalue weighted by Gasteiger charge is 2.24. The molecule has 0 saturated carbocycles. The Kier molecular flexibility index (Phi) is 5.51. The molecular formula is C15H10N4O8S3. The summed E-state index contributed by atoms with van der Waals surface area (Å²) in [5.74, 6) is 0. The molecule has 12 nitrogen and oxygen atoms in total. The standard InChI is InChI=1S/C15H10N4O8S3/c20-18(21)10-1-5-12(6-2-10)29(24,25)14-9-16-15(28-14)17-30(26,27)13-7-3-11(4-8-13)19(22)23/h1-9H,(H,16,17). The summed E-state index contributed by atoms with van der Waals surface area (Å²) < 4.78 is 51.8. The van der Waals surface area contributed by atoms with Gasteiger partial charge in [-0.1, -0.05) is 11.3 Å². The van der Waals surface area contributed by atoms with Gasteiger partial charge in [0, 0.05) is 24.3 Å². The normalized spacial score (nSPS) is 11.7. The van der Waals surface area contributed by atoms with E-state index in [4.69, 9.17) is 0 Å². The Morgan fingerprint density at radius 3 is 1.73 bits per heavy atom. The molecule has 0 bridgehead atoms. The van der Waals surface area contributed by atoms with Crippen molar-refractivity contribution in [3.8, 4) is 0 Å². The molecule has 0 aliphatic heterocycles. The van der Waals surface area contributed by atoms with Crippen molar-refractivity contribution in [3.63, 3.8) is 0 Å². The van der Waals surface area contributed by atoms with Gasteiger partial charge in [0.1, 0.15) is 4.21 Å². The van der Waals surface area contributed by atoms with Crippen LogP contribution >= 0.6 is 11.3 Å². The van der Waals surface area contributed by atoms with Crippen LogP contribution < -0.4 is 4.72 Å². The number of nitro groups is 2. The highest BCUT2D eigenvalue weighted by Crippen LogP contribution is 2.30. The fourth-order valence-electron chi connectivity index (χ4n) is 2.21. The molecule has 0 aliphatic carbocycles. The Labute approximate surface area is 173 Å². The van der Waals surface area contributed by atoms with Crippen LogP contribution in [0.1, 0.15) is 0 Å². The van der Waals surface area contributed by atoms with Crippen LogP contribution in [-0.2, 0) is 19.9 Å². The summed E-state index contributed by atoms with van der Waals surface area (Å²) in [6.07, 6.45) is 0.953. The molecule has 1 heterocycles. The van der Waals surface area contributed by atoms with E-state index < -0.39 is 29.7 Å². The lowest BCUT2D eigenvalue weighted by Gasteiger charge is -2.04. The number of nitro benzene ring substituents is 2. The van der Waals surface area contributed by atoms with Gasteiger partial charge >= 0.3 is 0 Å². The van der Waals surface area contributed by atoms with Crippen molar-refractivity contribution in [2.45, 2.75) is 14.0 Å². The average Bonchev–Trinajstić information content (AvgIpc) is 3.16. The lowest BCUT2D eigenvalue weighted by Crippen LogP contribution is -2.12. The van der Waals surface area contributed by atoms with Crippen molar-refractivity contribution >= 4 is 47.7 Å². The van der Waals surface area contributed by atoms with Crippen molar-refractivity contribution < 1.29 is 26.7 Å². The lowest BCUT2D eigenvalue weighted by molar-refractivity contribution is -0.385. The number of anilines is 1. The SMILES string of the molecule is O=[N+]([O-])c1ccc(S(=O)(=O)Nc2ncc(S(=O)(=O)c3ccc([N+](=O)[O-])cc3)s2)cc1. The van der Waals surface area contributed by atoms with E-state index in [2.05, 4.69) is 9.71 Å². The van der Waals surface area contributed by atoms with Gasteiger partial charge in [0.05, 0.1) is 25.8 Å². The monoisotopic (exact) mass is 470 g/mol. The van der Waals surface area contributed by atoms with Gasteiger partial charge in [-0.05, 0) is 24.3 Å². The summed E-state index contributed by atoms with van der Waals surface area (Å²) in [5, 5.41) is 21.1. The van der Waals surface area contributed by atoms with Crippen molar-refractivity contribution in [2.75, 3.05) is 4.72 Å². The van der Waals surface area contributed by atoms with E-state index in [0.717, 1.165) is 54.7 Å². The minimum absolute atomic E-state index is 0.221. The fraction of sp³-hybridized carbons (Fsp3) is 0. The topological polar surface area (TPSA) is 179 Å². The van der Waals surface area contributed by atoms with Gasteiger partial charge in [-0.2, -0.15) is 0 Å². The first-order valence-corrected chi connectivity index (χ1v) is 11.5. The second-order valence-electron chi connectivity index (χ2n) is 5.60. The van der Waals surface area contributed by atoms with E-state index in [1.807, 2.05) is 0 Å². The zero-order valence-corrected chi connectivity index (χ0v) is 17.0. The van der Waals surface area contributed by atoms with Crippen LogP contribution in [0, 0.1) is 20.2 Å². The van der Waals surface area contributed by atoms with Crippen LogP contribution in [0.5, 0.6) is 0 Å². The molecule has 0 fully saturated rings. The van der Waals surface area contributed by atoms with Crippen molar-refractivity contribution in [3.05, 3.63) is 75.0 Å². The highest BCUT2D eigenvalue weighted by molar-refractivity contribution is 7.94. The van der Waals surface area contributed by atoms with Gasteiger partial charge in [0.25, 0.3) is 21.4 Å². The summed E-state index contributed by atoms with van der Waals surface area (Å²) in [6.45, 7) is 0. The van der Waals surface area contributed by atoms with Crippen LogP contribution in [0.15, 0.2) is 68.7 Å². The number of nitrogens with zero attached hydrogens (tertiary/aromatic N) is 3. The number of hydrogen-bond donors (Lipinski definition) is 1. The minimum Gasteiger partial charge on any atom is -0.258 e. The first kappa shape index (κ1) is 21.3. The zero-order valence-electron chi connectivity index (χ0n) is 14.5. The first-order valence-electron chi connectivity index (χ1n) is 7.73. The van der Waals surface area contributed by atoms with Crippen LogP contribution in [0.4, 0.5) is 16.5 Å². The lowest BCUT2D eigenvalue weighted by atomic mass is 10.3. The smallest absolute Gasteiger partial charge is 0.258 e. The van der Waals surface area contributed by atoms with E-state index in [9.17, 15) is 37.1 Å². The average molecular weight is 470 g/mol. The molecule has 0 atom stereocenters. The minimum atomic E-state index is -4.16. The molecule has 0 unspecified atom stereocenters. The van der Waals surface area contributed by atoms with Gasteiger partial charge < -0.3 is 0 Å². The van der Waals surface area contributed by atoms with E-state index >= 15 is 0 Å². The molecule has 0 spiro atoms. The van der Waals surface area contributed by atoms with Crippen LogP contribution in [0.25, 0.3) is 0 Å². The van der Waals surface area contributed by atoms with Gasteiger partial charge in [-0.25, -0.2) is 21.8 Å². The molecule has 30 heavy (non-hydrogen) atoms. The third-order valence-electron chi connectivity index (χ3n) is 3.69. The molecule has 15 heteroatoms. The Morgan fingerprint density at radius 2 is 1.27 bits per heavy atom. The van der Waals surface area contributed by atoms with E-state index in [-0.39, 0.29) is 30.5 Å². The number of sulfone groups is 1. The van der Waals surface area contributed by atoms with E-state index in [0.29, 0.717) is 11.3 Å². The third-order valence-corrected chi connectivity index (χ3v) is 8.31. The second-order valence-corrected chi connectivity index (χ2v) is 10.5. The number of aromatic nitrogens is 1. The van der Waals surface area contributed by atoms with Gasteiger partial charge in [-0.15, -0.1) is 0 Å². The first-order chi connectivity index (χ1) is 14.0. The maximum absolute atomic E-state index is 12.6. The Morgan fingerprint density at radius 1 is 0.800 bits per heavy atom. The number of sulfonamides is 1. The van der Waals surface area contributed by atoms with Crippen molar-refractivity contribution in [1.82, 2.24) is 4.98 Å². The number of benzene rings is 2. The number of non-ortho nitro benzene ring substituents is 2. The summed E-state index contributed by atoms with van der Waals surface area (Å²) >= 11 is 0.543. The Bertz CT molecular complexity index is 1330. The summed E-state index contributed by atoms with van der Waals surface area (Å²) in [4.78, 5) is 23.2. The molecule has 156 valence electrons. The summed E-state index contributed by atoms with van der Waals surface area (Å²) in [7, 11) is -8.23. The van der Waals surface area contributed by atoms with E-state index in [1.54, 1.807) is 0 Å². The molecule has 1 N–H and O–H groups in total. The van der Waals surface area contributed by atoms with E-state index in [1.165, 1.54) is 0 Å². The summed E-state index contributed by atoms with van der Waals surface area (Å²) in [6, 6.07) is 8.28. The highest BCUT2D eigenvalue weighted by atomic mass is 32.2. The fourth-order valence-corrected chi connectivity index (χ4v) is 5.89. The maximum Gasteiger partial charge on any atom is 0.269 e. The molecule has 0 saturated heterocycles. The molecule has 0 aliphatic rings. The van der Waals surface area contributed by atoms with Gasteiger partial charge in [0.15, 0.2) is 5.13 Å². The quantitative estimate of drug-likeness (QED) is 0.401. The zero-order chi connectivity index (χ0) is 22.1. The molecule has 2 aromatic carbocycles. The van der Waals surface area contributed by atoms with Gasteiger partial charge in [0.2, 0.25) is 9.84 Å². The Balaban J connectivity index is 1.84. The second kappa shape index (κ2) is 7.77. The summed E-state index contributed by atoms with van der Waals surface area (Å²) in [5.41, 5.74) is -0.575. The predicted octanol–water partition coefficient (Wildman–Crippen LogP) is 2.59. The van der Waals surface area contributed by atoms with Crippen molar-refractivity contribution in [2.24, 2.45) is 0 Å². The molecular weight excluding hydrogens is 460 g/mol. The third kappa shape index (κ3) is 4.27. The molecule has 0 radical (unpaired) electrons. The Hall–Kier alpha value is -3.43. The number of rotatable bonds is 7. The molecule has 3 rings (SSSR count). The van der Waals surface area contributed by atoms with Crippen LogP contribution in [0.2, 0.25) is 0 Å². The van der Waals surface area contributed by atoms with Crippen LogP contribution in [-0.4, -0.2) is 31.7 Å². The molecule has 0 amide bonds. The molecule has 1 aromatic heterocycles. The molecule has 3 aromatic rings. The number of nitrogens with one attached hydrogen (secondary N) is 1. The maximum atomic E-state index is 12.6. The predicted molar refractivity (Wildman–Crippen MR) is 105 cm³/mol. The number of hydrogen-bond acceptors (Lipinski definition) is 10. The van der Waals surface area contributed by atoms with Gasteiger partial charge in [-0.3, -0.25) is 25.0 Å². The number of thiazole rings is 1.